The molecule has 18 heavy (non-hydrogen) atoms. The number of hydrogen-bond acceptors (Lipinski definition) is 3. The molecule has 0 aromatic carbocycles. The molecule has 0 saturated heterocycles. The van der Waals surface area contributed by atoms with Crippen molar-refractivity contribution in [3.8, 4) is 0 Å². The van der Waals surface area contributed by atoms with Crippen molar-refractivity contribution in [3.05, 3.63) is 27.3 Å². The molecule has 1 aromatic heterocycles. The molecule has 6 heteroatoms. The van der Waals surface area contributed by atoms with Gasteiger partial charge in [0.05, 0.1) is 0 Å². The Labute approximate surface area is 120 Å². The van der Waals surface area contributed by atoms with E-state index in [1.165, 1.54) is 6.07 Å². The normalized spacial score (nSPS) is 10.3. The van der Waals surface area contributed by atoms with E-state index in [0.717, 1.165) is 15.6 Å². The molecule has 102 valence electrons. The molecule has 1 aromatic rings. The van der Waals surface area contributed by atoms with Crippen molar-refractivity contribution in [2.24, 2.45) is 5.73 Å². The zero-order chi connectivity index (χ0) is 14.3. The molecule has 0 aliphatic heterocycles. The van der Waals surface area contributed by atoms with Crippen LogP contribution in [0.2, 0.25) is 0 Å². The monoisotopic (exact) mass is 368 g/mol. The third kappa shape index (κ3) is 8.21. The topological polar surface area (TPSA) is 65.2 Å². The number of carbonyl (C=O) groups excluding carboxylic acids is 1. The molecule has 0 fully saturated rings. The smallest absolute Gasteiger partial charge is 0.405 e. The highest BCUT2D eigenvalue weighted by atomic mass is 127. The predicted octanol–water partition coefficient (Wildman–Crippen LogP) is 3.27. The fourth-order valence-corrected chi connectivity index (χ4v) is 1.78. The van der Waals surface area contributed by atoms with E-state index in [0.29, 0.717) is 0 Å². The summed E-state index contributed by atoms with van der Waals surface area (Å²) in [5, 5.41) is 0. The summed E-state index contributed by atoms with van der Waals surface area (Å²) < 4.78 is 17.9. The first kappa shape index (κ1) is 17.1. The highest BCUT2D eigenvalue weighted by Crippen LogP contribution is 2.11. The van der Waals surface area contributed by atoms with Crippen molar-refractivity contribution in [1.82, 2.24) is 4.98 Å². The van der Waals surface area contributed by atoms with Gasteiger partial charge in [0, 0.05) is 15.8 Å². The molecule has 0 bridgehead atoms. The van der Waals surface area contributed by atoms with Gasteiger partial charge in [0.25, 0.3) is 0 Å². The summed E-state index contributed by atoms with van der Waals surface area (Å²) in [6, 6.07) is 1.44. The van der Waals surface area contributed by atoms with Gasteiger partial charge in [0.2, 0.25) is 5.95 Å². The average Bonchev–Trinajstić information content (AvgIpc) is 2.14. The summed E-state index contributed by atoms with van der Waals surface area (Å²) in [5.41, 5.74) is 5.36. The first-order valence-corrected chi connectivity index (χ1v) is 6.52. The maximum absolute atomic E-state index is 12.4. The molecule has 4 nitrogen and oxygen atoms in total. The summed E-state index contributed by atoms with van der Waals surface area (Å²) in [7, 11) is 0. The van der Waals surface area contributed by atoms with E-state index < -0.39 is 17.6 Å². The molecule has 1 rings (SSSR count). The number of nitrogens with two attached hydrogens (primary N) is 1. The van der Waals surface area contributed by atoms with Crippen molar-refractivity contribution in [2.75, 3.05) is 0 Å². The van der Waals surface area contributed by atoms with Crippen molar-refractivity contribution >= 4 is 28.7 Å². The average molecular weight is 368 g/mol. The van der Waals surface area contributed by atoms with Crippen LogP contribution in [0.3, 0.4) is 0 Å². The summed E-state index contributed by atoms with van der Waals surface area (Å²) >= 11 is 2.11. The highest BCUT2D eigenvalue weighted by molar-refractivity contribution is 14.1. The number of halogens is 2. The Morgan fingerprint density at radius 1 is 1.56 bits per heavy atom. The summed E-state index contributed by atoms with van der Waals surface area (Å²) in [4.78, 5) is 13.6. The molecule has 0 atom stereocenters. The second-order valence-electron chi connectivity index (χ2n) is 4.49. The number of pyridine rings is 1. The van der Waals surface area contributed by atoms with Crippen molar-refractivity contribution in [2.45, 2.75) is 39.7 Å². The van der Waals surface area contributed by atoms with Crippen LogP contribution in [0.4, 0.5) is 9.18 Å². The summed E-state index contributed by atoms with van der Waals surface area (Å²) in [6.45, 7) is 7.31. The maximum Gasteiger partial charge on any atom is 0.405 e. The zero-order valence-electron chi connectivity index (χ0n) is 11.0. The lowest BCUT2D eigenvalue weighted by Gasteiger charge is -2.16. The van der Waals surface area contributed by atoms with E-state index in [-0.39, 0.29) is 0 Å². The lowest BCUT2D eigenvalue weighted by Crippen LogP contribution is -2.27. The van der Waals surface area contributed by atoms with Gasteiger partial charge in [-0.2, -0.15) is 4.39 Å². The Hall–Kier alpha value is -0.920. The number of ether oxygens (including phenoxy) is 1. The van der Waals surface area contributed by atoms with Crippen molar-refractivity contribution < 1.29 is 13.9 Å². The maximum atomic E-state index is 12.4. The van der Waals surface area contributed by atoms with Crippen LogP contribution < -0.4 is 5.73 Å². The van der Waals surface area contributed by atoms with Gasteiger partial charge in [0.15, 0.2) is 0 Å². The lowest BCUT2D eigenvalue weighted by molar-refractivity contribution is 0.0600. The molecule has 0 spiro atoms. The second-order valence-corrected chi connectivity index (χ2v) is 5.65. The van der Waals surface area contributed by atoms with Crippen LogP contribution in [-0.4, -0.2) is 16.7 Å². The molecule has 0 aliphatic carbocycles. The van der Waals surface area contributed by atoms with Gasteiger partial charge in [-0.1, -0.05) is 6.92 Å². The Morgan fingerprint density at radius 2 is 2.11 bits per heavy atom. The molecule has 2 N–H and O–H groups in total. The Kier molecular flexibility index (Phi) is 7.12. The predicted molar refractivity (Wildman–Crippen MR) is 76.7 cm³/mol. The second kappa shape index (κ2) is 7.50. The van der Waals surface area contributed by atoms with Crippen LogP contribution in [0.5, 0.6) is 0 Å². The number of aryl methyl sites for hydroxylation is 1. The first-order valence-electron chi connectivity index (χ1n) is 5.44. The van der Waals surface area contributed by atoms with E-state index in [1.54, 1.807) is 27.0 Å². The molecule has 0 saturated carbocycles. The van der Waals surface area contributed by atoms with Gasteiger partial charge in [-0.05, 0) is 55.3 Å². The van der Waals surface area contributed by atoms with E-state index in [4.69, 9.17) is 5.73 Å². The van der Waals surface area contributed by atoms with Gasteiger partial charge >= 0.3 is 6.09 Å². The van der Waals surface area contributed by atoms with Gasteiger partial charge in [-0.3, -0.25) is 0 Å². The highest BCUT2D eigenvalue weighted by Gasteiger charge is 2.12. The van der Waals surface area contributed by atoms with Crippen LogP contribution in [-0.2, 0) is 11.2 Å². The molecule has 0 radical (unpaired) electrons. The number of carbonyl (C=O) groups is 1. The number of aromatic nitrogens is 1. The molecule has 0 aliphatic rings. The molecular formula is C12H18FIN2O2. The Bertz CT molecular complexity index is 406. The van der Waals surface area contributed by atoms with E-state index in [9.17, 15) is 9.18 Å². The fourth-order valence-electron chi connectivity index (χ4n) is 0.998. The largest absolute Gasteiger partial charge is 0.444 e. The van der Waals surface area contributed by atoms with Crippen molar-refractivity contribution in [3.63, 3.8) is 0 Å². The SMILES string of the molecule is CC(C)(C)OC(N)=O.CCc1cnc(F)cc1I. The van der Waals surface area contributed by atoms with Gasteiger partial charge in [-0.25, -0.2) is 9.78 Å². The minimum absolute atomic E-state index is 0.401. The quantitative estimate of drug-likeness (QED) is 0.611. The molecule has 0 unspecified atom stereocenters. The minimum atomic E-state index is -0.725. The van der Waals surface area contributed by atoms with Crippen LogP contribution in [0, 0.1) is 9.52 Å². The van der Waals surface area contributed by atoms with Crippen LogP contribution >= 0.6 is 22.6 Å². The van der Waals surface area contributed by atoms with Gasteiger partial charge in [-0.15, -0.1) is 0 Å². The van der Waals surface area contributed by atoms with E-state index in [2.05, 4.69) is 32.3 Å². The van der Waals surface area contributed by atoms with Crippen molar-refractivity contribution in [1.29, 1.82) is 0 Å². The lowest BCUT2D eigenvalue weighted by atomic mass is 10.2. The number of hydrogen-bond donors (Lipinski definition) is 1. The van der Waals surface area contributed by atoms with Crippen LogP contribution in [0.15, 0.2) is 12.3 Å². The Balaban J connectivity index is 0.000000331. The Morgan fingerprint density at radius 3 is 2.39 bits per heavy atom. The third-order valence-electron chi connectivity index (χ3n) is 1.68. The number of amides is 1. The summed E-state index contributed by atoms with van der Waals surface area (Å²) in [6.07, 6.45) is 1.76. The standard InChI is InChI=1S/C7H7FIN.C5H11NO2/c1-2-5-4-10-7(8)3-6(5)9;1-5(2,3)8-4(6)7/h3-4H,2H2,1H3;1-3H3,(H2,6,7). The third-order valence-corrected chi connectivity index (χ3v) is 2.69. The van der Waals surface area contributed by atoms with E-state index >= 15 is 0 Å². The van der Waals surface area contributed by atoms with Gasteiger partial charge in [0.1, 0.15) is 5.60 Å². The van der Waals surface area contributed by atoms with Crippen LogP contribution in [0.25, 0.3) is 0 Å². The number of primary amides is 1. The number of rotatable bonds is 1. The first-order chi connectivity index (χ1) is 8.15. The minimum Gasteiger partial charge on any atom is -0.444 e. The molecular weight excluding hydrogens is 350 g/mol. The zero-order valence-corrected chi connectivity index (χ0v) is 13.1. The number of nitrogens with zero attached hydrogens (tertiary/aromatic N) is 1. The van der Waals surface area contributed by atoms with E-state index in [1.807, 2.05) is 6.92 Å². The molecule has 1 heterocycles. The van der Waals surface area contributed by atoms with Gasteiger partial charge < -0.3 is 10.5 Å². The van der Waals surface area contributed by atoms with Crippen LogP contribution in [0.1, 0.15) is 33.3 Å². The summed E-state index contributed by atoms with van der Waals surface area (Å²) in [5.74, 6) is -0.401. The molecule has 1 amide bonds. The fraction of sp³-hybridized carbons (Fsp3) is 0.500.